The summed E-state index contributed by atoms with van der Waals surface area (Å²) in [5.41, 5.74) is 6.57. The van der Waals surface area contributed by atoms with Crippen molar-refractivity contribution < 1.29 is 9.53 Å². The van der Waals surface area contributed by atoms with Crippen LogP contribution in [0.25, 0.3) is 0 Å². The minimum Gasteiger partial charge on any atom is -0.376 e. The molecule has 18 heavy (non-hydrogen) atoms. The molecule has 96 valence electrons. The van der Waals surface area contributed by atoms with E-state index in [9.17, 15) is 4.79 Å². The van der Waals surface area contributed by atoms with Gasteiger partial charge in [0.25, 0.3) is 5.91 Å². The Hall–Kier alpha value is -0.980. The fourth-order valence-corrected chi connectivity index (χ4v) is 3.06. The summed E-state index contributed by atoms with van der Waals surface area (Å²) in [6, 6.07) is 1.66. The van der Waals surface area contributed by atoms with E-state index in [1.54, 1.807) is 12.3 Å². The number of pyridine rings is 1. The SMILES string of the molecule is NC1C2CCOC2C1NC(=O)c1cncc(Br)c1. The van der Waals surface area contributed by atoms with Crippen LogP contribution in [0.1, 0.15) is 16.8 Å². The first-order chi connectivity index (χ1) is 8.66. The maximum Gasteiger partial charge on any atom is 0.253 e. The van der Waals surface area contributed by atoms with Crippen LogP contribution in [0.5, 0.6) is 0 Å². The van der Waals surface area contributed by atoms with Gasteiger partial charge in [0.2, 0.25) is 0 Å². The van der Waals surface area contributed by atoms with E-state index in [0.717, 1.165) is 17.5 Å². The number of carbonyl (C=O) groups excluding carboxylic acids is 1. The van der Waals surface area contributed by atoms with E-state index in [1.165, 1.54) is 6.20 Å². The highest BCUT2D eigenvalue weighted by atomic mass is 79.9. The first-order valence-electron chi connectivity index (χ1n) is 5.95. The van der Waals surface area contributed by atoms with Gasteiger partial charge < -0.3 is 15.8 Å². The maximum absolute atomic E-state index is 12.1. The van der Waals surface area contributed by atoms with Gasteiger partial charge in [0.05, 0.1) is 17.7 Å². The van der Waals surface area contributed by atoms with Gasteiger partial charge in [0, 0.05) is 35.4 Å². The molecule has 1 saturated carbocycles. The summed E-state index contributed by atoms with van der Waals surface area (Å²) in [6.07, 6.45) is 4.26. The molecule has 0 radical (unpaired) electrons. The molecule has 0 aromatic carbocycles. The summed E-state index contributed by atoms with van der Waals surface area (Å²) >= 11 is 3.29. The Morgan fingerprint density at radius 2 is 2.39 bits per heavy atom. The van der Waals surface area contributed by atoms with Crippen molar-refractivity contribution in [2.45, 2.75) is 24.6 Å². The molecule has 1 aliphatic heterocycles. The van der Waals surface area contributed by atoms with Gasteiger partial charge >= 0.3 is 0 Å². The van der Waals surface area contributed by atoms with Crippen molar-refractivity contribution in [1.29, 1.82) is 0 Å². The van der Waals surface area contributed by atoms with Gasteiger partial charge in [-0.2, -0.15) is 0 Å². The number of hydrogen-bond acceptors (Lipinski definition) is 4. The third kappa shape index (κ3) is 1.94. The lowest BCUT2D eigenvalue weighted by Crippen LogP contribution is -2.68. The Kier molecular flexibility index (Phi) is 3.09. The first-order valence-corrected chi connectivity index (χ1v) is 6.75. The Balaban J connectivity index is 1.68. The summed E-state index contributed by atoms with van der Waals surface area (Å²) in [5.74, 6) is 0.245. The Morgan fingerprint density at radius 1 is 1.56 bits per heavy atom. The van der Waals surface area contributed by atoms with Crippen molar-refractivity contribution in [3.05, 3.63) is 28.5 Å². The number of fused-ring (bicyclic) bond motifs is 1. The zero-order valence-electron chi connectivity index (χ0n) is 9.67. The number of nitrogens with one attached hydrogen (secondary N) is 1. The number of ether oxygens (including phenoxy) is 1. The zero-order chi connectivity index (χ0) is 12.7. The predicted molar refractivity (Wildman–Crippen MR) is 69.0 cm³/mol. The zero-order valence-corrected chi connectivity index (χ0v) is 11.3. The van der Waals surface area contributed by atoms with Crippen LogP contribution in [0, 0.1) is 5.92 Å². The van der Waals surface area contributed by atoms with E-state index in [4.69, 9.17) is 10.5 Å². The van der Waals surface area contributed by atoms with Crippen molar-refractivity contribution in [2.24, 2.45) is 11.7 Å². The van der Waals surface area contributed by atoms with Crippen LogP contribution >= 0.6 is 15.9 Å². The molecule has 1 aromatic rings. The third-order valence-electron chi connectivity index (χ3n) is 3.71. The molecule has 1 aromatic heterocycles. The quantitative estimate of drug-likeness (QED) is 0.842. The average molecular weight is 312 g/mol. The van der Waals surface area contributed by atoms with E-state index >= 15 is 0 Å². The third-order valence-corrected chi connectivity index (χ3v) is 4.14. The number of nitrogens with zero attached hydrogens (tertiary/aromatic N) is 1. The lowest BCUT2D eigenvalue weighted by Gasteiger charge is -2.45. The number of nitrogens with two attached hydrogens (primary N) is 1. The molecule has 2 aliphatic rings. The van der Waals surface area contributed by atoms with Gasteiger partial charge in [-0.15, -0.1) is 0 Å². The van der Waals surface area contributed by atoms with Crippen molar-refractivity contribution in [2.75, 3.05) is 6.61 Å². The van der Waals surface area contributed by atoms with Gasteiger partial charge in [-0.05, 0) is 28.4 Å². The second-order valence-corrected chi connectivity index (χ2v) is 5.67. The largest absolute Gasteiger partial charge is 0.376 e. The van der Waals surface area contributed by atoms with Crippen LogP contribution in [0.3, 0.4) is 0 Å². The fourth-order valence-electron chi connectivity index (χ4n) is 2.70. The summed E-state index contributed by atoms with van der Waals surface area (Å²) in [4.78, 5) is 16.0. The van der Waals surface area contributed by atoms with Crippen LogP contribution in [-0.2, 0) is 4.74 Å². The Labute approximate surface area is 113 Å². The van der Waals surface area contributed by atoms with E-state index in [-0.39, 0.29) is 24.1 Å². The molecule has 4 atom stereocenters. The van der Waals surface area contributed by atoms with E-state index < -0.39 is 0 Å². The molecule has 1 aliphatic carbocycles. The summed E-state index contributed by atoms with van der Waals surface area (Å²) in [5, 5.41) is 2.93. The fraction of sp³-hybridized carbons (Fsp3) is 0.500. The minimum absolute atomic E-state index is 0.00145. The lowest BCUT2D eigenvalue weighted by molar-refractivity contribution is -0.0161. The lowest BCUT2D eigenvalue weighted by atomic mass is 9.72. The molecule has 2 fully saturated rings. The molecular weight excluding hydrogens is 298 g/mol. The highest BCUT2D eigenvalue weighted by Gasteiger charge is 2.52. The Morgan fingerprint density at radius 3 is 3.17 bits per heavy atom. The van der Waals surface area contributed by atoms with E-state index in [0.29, 0.717) is 11.5 Å². The van der Waals surface area contributed by atoms with Crippen molar-refractivity contribution in [3.63, 3.8) is 0 Å². The molecule has 2 heterocycles. The maximum atomic E-state index is 12.1. The molecule has 6 heteroatoms. The summed E-state index contributed by atoms with van der Waals surface area (Å²) in [6.45, 7) is 0.744. The van der Waals surface area contributed by atoms with Gasteiger partial charge in [0.15, 0.2) is 0 Å². The van der Waals surface area contributed by atoms with Crippen LogP contribution in [0.4, 0.5) is 0 Å². The highest BCUT2D eigenvalue weighted by Crippen LogP contribution is 2.37. The molecule has 3 rings (SSSR count). The first kappa shape index (κ1) is 12.1. The van der Waals surface area contributed by atoms with Crippen molar-refractivity contribution in [3.8, 4) is 0 Å². The molecule has 0 bridgehead atoms. The monoisotopic (exact) mass is 311 g/mol. The molecular formula is C12H14BrN3O2. The van der Waals surface area contributed by atoms with Gasteiger partial charge in [0.1, 0.15) is 0 Å². The molecule has 3 N–H and O–H groups in total. The number of rotatable bonds is 2. The van der Waals surface area contributed by atoms with E-state index in [2.05, 4.69) is 26.2 Å². The second-order valence-electron chi connectivity index (χ2n) is 4.76. The average Bonchev–Trinajstić information content (AvgIpc) is 2.80. The molecule has 1 amide bonds. The smallest absolute Gasteiger partial charge is 0.253 e. The molecule has 1 saturated heterocycles. The Bertz CT molecular complexity index is 482. The van der Waals surface area contributed by atoms with Gasteiger partial charge in [-0.25, -0.2) is 0 Å². The number of carbonyl (C=O) groups is 1. The molecule has 0 spiro atoms. The molecule has 4 unspecified atom stereocenters. The van der Waals surface area contributed by atoms with Crippen LogP contribution < -0.4 is 11.1 Å². The topological polar surface area (TPSA) is 77.2 Å². The number of aromatic nitrogens is 1. The molecule has 5 nitrogen and oxygen atoms in total. The summed E-state index contributed by atoms with van der Waals surface area (Å²) in [7, 11) is 0. The van der Waals surface area contributed by atoms with Crippen molar-refractivity contribution >= 4 is 21.8 Å². The minimum atomic E-state index is -0.154. The van der Waals surface area contributed by atoms with E-state index in [1.807, 2.05) is 0 Å². The number of amides is 1. The number of hydrogen-bond donors (Lipinski definition) is 2. The van der Waals surface area contributed by atoms with Crippen LogP contribution in [0.15, 0.2) is 22.9 Å². The number of halogens is 1. The summed E-state index contributed by atoms with van der Waals surface area (Å²) < 4.78 is 6.36. The normalized spacial score (nSPS) is 33.7. The highest BCUT2D eigenvalue weighted by molar-refractivity contribution is 9.10. The second kappa shape index (κ2) is 4.60. The van der Waals surface area contributed by atoms with Crippen LogP contribution in [0.2, 0.25) is 0 Å². The van der Waals surface area contributed by atoms with Crippen LogP contribution in [-0.4, -0.2) is 35.7 Å². The predicted octanol–water partition coefficient (Wildman–Crippen LogP) is 0.688. The van der Waals surface area contributed by atoms with Gasteiger partial charge in [-0.3, -0.25) is 9.78 Å². The van der Waals surface area contributed by atoms with Gasteiger partial charge in [-0.1, -0.05) is 0 Å². The van der Waals surface area contributed by atoms with Crippen molar-refractivity contribution in [1.82, 2.24) is 10.3 Å². The standard InChI is InChI=1S/C12H14BrN3O2/c13-7-3-6(4-15-5-7)12(17)16-10-9(14)8-1-2-18-11(8)10/h3-5,8-11H,1-2,14H2,(H,16,17).